The number of halogens is 5. The Bertz CT molecular complexity index is 1100. The Morgan fingerprint density at radius 2 is 1.02 bits per heavy atom. The molecule has 0 aliphatic heterocycles. The van der Waals surface area contributed by atoms with Crippen molar-refractivity contribution in [1.82, 2.24) is 9.13 Å². The average molecular weight is 719 g/mol. The molecule has 0 amide bonds. The van der Waals surface area contributed by atoms with Crippen LogP contribution in [0.1, 0.15) is 136 Å². The third-order valence-electron chi connectivity index (χ3n) is 7.70. The van der Waals surface area contributed by atoms with Gasteiger partial charge in [0, 0.05) is 0 Å². The number of aryl methyl sites for hydroxylation is 4. The van der Waals surface area contributed by atoms with Crippen molar-refractivity contribution in [3.8, 4) is 0 Å². The minimum absolute atomic E-state index is 0. The normalized spacial score (nSPS) is 11.6. The van der Waals surface area contributed by atoms with Crippen LogP contribution in [0.15, 0.2) is 37.4 Å². The molecular formula is C34H63ClF4N4O3S. The highest BCUT2D eigenvalue weighted by atomic mass is 35.5. The SMILES string of the molecule is CC(C)CCCCCCCCCn1cc[n+](C)c1.CCCCCCCCCCCCn1cc[n+](C)c1.O=S(=O)([O-])C(F)(F)C(F)F.[Cl-]. The number of nitrogens with zero attached hydrogens (tertiary/aromatic N) is 4. The van der Waals surface area contributed by atoms with Gasteiger partial charge >= 0.3 is 11.7 Å². The molecule has 2 aromatic heterocycles. The molecule has 2 rings (SSSR count). The Labute approximate surface area is 289 Å². The van der Waals surface area contributed by atoms with Gasteiger partial charge in [-0.1, -0.05) is 111 Å². The smallest absolute Gasteiger partial charge is 0.393 e. The maximum absolute atomic E-state index is 11.4. The summed E-state index contributed by atoms with van der Waals surface area (Å²) in [7, 11) is -2.08. The van der Waals surface area contributed by atoms with E-state index in [1.165, 1.54) is 129 Å². The van der Waals surface area contributed by atoms with Crippen molar-refractivity contribution in [1.29, 1.82) is 0 Å². The van der Waals surface area contributed by atoms with Crippen LogP contribution in [0, 0.1) is 5.92 Å². The van der Waals surface area contributed by atoms with Crippen LogP contribution in [-0.4, -0.2) is 33.8 Å². The standard InChI is InChI=1S/2C16H31N2.C2H2F4O3S.ClH/c1-16(2)11-9-7-5-4-6-8-10-12-18-14-13-17(3)15-18;1-3-4-5-6-7-8-9-10-11-12-13-18-15-14-17(2)16-18;3-1(4)2(5,6)10(7,8)9;/h13-16H,4-12H2,1-3H3;14-16H,3-13H2,1-2H3;1H,(H,7,8,9);1H/q2*+1;;/p-2. The topological polar surface area (TPSA) is 74.8 Å². The largest absolute Gasteiger partial charge is 1.00 e. The third kappa shape index (κ3) is 26.0. The van der Waals surface area contributed by atoms with Gasteiger partial charge in [-0.3, -0.25) is 0 Å². The van der Waals surface area contributed by atoms with E-state index in [0.29, 0.717) is 0 Å². The van der Waals surface area contributed by atoms with Crippen LogP contribution >= 0.6 is 0 Å². The van der Waals surface area contributed by atoms with Gasteiger partial charge < -0.3 is 17.0 Å². The lowest BCUT2D eigenvalue weighted by Crippen LogP contribution is -3.00. The summed E-state index contributed by atoms with van der Waals surface area (Å²) in [6, 6.07) is 0. The number of rotatable bonds is 23. The summed E-state index contributed by atoms with van der Waals surface area (Å²) < 4.78 is 81.5. The number of hydrogen-bond donors (Lipinski definition) is 0. The lowest BCUT2D eigenvalue weighted by atomic mass is 10.0. The van der Waals surface area contributed by atoms with Crippen LogP contribution in [0.2, 0.25) is 0 Å². The zero-order valence-corrected chi connectivity index (χ0v) is 31.1. The first-order chi connectivity index (χ1) is 21.7. The highest BCUT2D eigenvalue weighted by Crippen LogP contribution is 2.27. The first-order valence-corrected chi connectivity index (χ1v) is 18.7. The monoisotopic (exact) mass is 718 g/mol. The summed E-state index contributed by atoms with van der Waals surface area (Å²) in [5, 5.41) is -5.48. The fourth-order valence-electron chi connectivity index (χ4n) is 4.89. The number of unbranched alkanes of at least 4 members (excludes halogenated alkanes) is 15. The molecular weight excluding hydrogens is 656 g/mol. The van der Waals surface area contributed by atoms with Gasteiger partial charge in [0.25, 0.3) is 0 Å². The predicted octanol–water partition coefficient (Wildman–Crippen LogP) is 5.72. The minimum Gasteiger partial charge on any atom is -1.00 e. The zero-order chi connectivity index (χ0) is 34.8. The Morgan fingerprint density at radius 3 is 1.28 bits per heavy atom. The lowest BCUT2D eigenvalue weighted by Gasteiger charge is -2.17. The van der Waals surface area contributed by atoms with Crippen LogP contribution in [0.5, 0.6) is 0 Å². The van der Waals surface area contributed by atoms with Gasteiger partial charge in [0.1, 0.15) is 24.8 Å². The van der Waals surface area contributed by atoms with Crippen molar-refractivity contribution in [3.05, 3.63) is 37.4 Å². The van der Waals surface area contributed by atoms with Crippen LogP contribution < -0.4 is 21.5 Å². The molecule has 0 saturated heterocycles. The van der Waals surface area contributed by atoms with Gasteiger partial charge in [-0.2, -0.15) is 8.78 Å². The maximum atomic E-state index is 11.4. The van der Waals surface area contributed by atoms with E-state index in [1.807, 2.05) is 0 Å². The van der Waals surface area contributed by atoms with E-state index in [-0.39, 0.29) is 12.4 Å². The second-order valence-corrected chi connectivity index (χ2v) is 14.2. The minimum atomic E-state index is -6.23. The molecule has 2 aromatic rings. The molecule has 0 unspecified atom stereocenters. The van der Waals surface area contributed by atoms with Crippen molar-refractivity contribution in [2.24, 2.45) is 20.0 Å². The van der Waals surface area contributed by atoms with Crippen LogP contribution in [0.4, 0.5) is 17.6 Å². The fraction of sp³-hybridized carbons (Fsp3) is 0.824. The Balaban J connectivity index is 0. The van der Waals surface area contributed by atoms with E-state index < -0.39 is 21.8 Å². The summed E-state index contributed by atoms with van der Waals surface area (Å²) >= 11 is 0. The molecule has 0 bridgehead atoms. The number of hydrogen-bond acceptors (Lipinski definition) is 3. The van der Waals surface area contributed by atoms with Crippen molar-refractivity contribution in [2.45, 2.75) is 161 Å². The fourth-order valence-corrected chi connectivity index (χ4v) is 5.11. The van der Waals surface area contributed by atoms with E-state index in [9.17, 15) is 30.5 Å². The molecule has 7 nitrogen and oxygen atoms in total. The third-order valence-corrected chi connectivity index (χ3v) is 8.55. The Hall–Kier alpha value is -1.66. The van der Waals surface area contributed by atoms with Crippen LogP contribution in [-0.2, 0) is 37.3 Å². The van der Waals surface area contributed by atoms with Gasteiger partial charge in [-0.15, -0.1) is 0 Å². The second kappa shape index (κ2) is 28.2. The molecule has 13 heteroatoms. The molecule has 2 heterocycles. The Morgan fingerprint density at radius 1 is 0.681 bits per heavy atom. The van der Waals surface area contributed by atoms with E-state index in [4.69, 9.17) is 0 Å². The molecule has 0 saturated carbocycles. The molecule has 0 fully saturated rings. The highest BCUT2D eigenvalue weighted by molar-refractivity contribution is 7.86. The second-order valence-electron chi connectivity index (χ2n) is 12.8. The number of alkyl halides is 4. The quantitative estimate of drug-likeness (QED) is 0.0639. The average Bonchev–Trinajstić information content (AvgIpc) is 3.60. The molecule has 0 aromatic carbocycles. The maximum Gasteiger partial charge on any atom is 0.393 e. The molecule has 278 valence electrons. The van der Waals surface area contributed by atoms with E-state index in [2.05, 4.69) is 90.6 Å². The number of aromatic nitrogens is 4. The van der Waals surface area contributed by atoms with E-state index in [0.717, 1.165) is 5.92 Å². The summed E-state index contributed by atoms with van der Waals surface area (Å²) in [5.74, 6) is 0.882. The first-order valence-electron chi connectivity index (χ1n) is 17.3. The van der Waals surface area contributed by atoms with E-state index in [1.54, 1.807) is 0 Å². The van der Waals surface area contributed by atoms with Gasteiger partial charge in [0.2, 0.25) is 12.7 Å². The van der Waals surface area contributed by atoms with Crippen molar-refractivity contribution >= 4 is 10.1 Å². The molecule has 0 aliphatic carbocycles. The van der Waals surface area contributed by atoms with Gasteiger partial charge in [-0.05, 0) is 31.6 Å². The van der Waals surface area contributed by atoms with Crippen molar-refractivity contribution in [3.63, 3.8) is 0 Å². The van der Waals surface area contributed by atoms with Crippen LogP contribution in [0.25, 0.3) is 0 Å². The molecule has 47 heavy (non-hydrogen) atoms. The number of imidazole rings is 2. The van der Waals surface area contributed by atoms with Crippen molar-refractivity contribution in [2.75, 3.05) is 0 Å². The van der Waals surface area contributed by atoms with Gasteiger partial charge in [-0.25, -0.2) is 35.5 Å². The summed E-state index contributed by atoms with van der Waals surface area (Å²) in [5.41, 5.74) is 0. The molecule has 0 aliphatic rings. The lowest BCUT2D eigenvalue weighted by molar-refractivity contribution is -0.671. The van der Waals surface area contributed by atoms with Crippen molar-refractivity contribution < 1.29 is 52.1 Å². The van der Waals surface area contributed by atoms with E-state index >= 15 is 0 Å². The highest BCUT2D eigenvalue weighted by Gasteiger charge is 2.48. The first kappa shape index (κ1) is 47.5. The predicted molar refractivity (Wildman–Crippen MR) is 175 cm³/mol. The zero-order valence-electron chi connectivity index (χ0n) is 29.6. The summed E-state index contributed by atoms with van der Waals surface area (Å²) in [6.07, 6.45) is 33.8. The van der Waals surface area contributed by atoms with Crippen LogP contribution in [0.3, 0.4) is 0 Å². The molecule has 0 spiro atoms. The Kier molecular flexibility index (Phi) is 28.5. The van der Waals surface area contributed by atoms with Gasteiger partial charge in [0.15, 0.2) is 10.1 Å². The molecule has 0 radical (unpaired) electrons. The summed E-state index contributed by atoms with van der Waals surface area (Å²) in [6.45, 7) is 9.28. The summed E-state index contributed by atoms with van der Waals surface area (Å²) in [4.78, 5) is 0. The molecule has 0 N–H and O–H groups in total. The molecule has 0 atom stereocenters. The van der Waals surface area contributed by atoms with Gasteiger partial charge in [0.05, 0.1) is 27.2 Å².